The van der Waals surface area contributed by atoms with Crippen molar-refractivity contribution in [1.82, 2.24) is 4.90 Å². The van der Waals surface area contributed by atoms with Gasteiger partial charge >= 0.3 is 0 Å². The minimum Gasteiger partial charge on any atom is -0.451 e. The van der Waals surface area contributed by atoms with E-state index in [1.54, 1.807) is 0 Å². The first kappa shape index (κ1) is 8.12. The van der Waals surface area contributed by atoms with Gasteiger partial charge in [-0.2, -0.15) is 0 Å². The van der Waals surface area contributed by atoms with Gasteiger partial charge in [-0.25, -0.2) is 8.78 Å². The lowest BCUT2D eigenvalue weighted by Gasteiger charge is -2.60. The highest BCUT2D eigenvalue weighted by molar-refractivity contribution is 5.20. The number of hydrogen-bond acceptors (Lipinski definition) is 2. The first-order valence-electron chi connectivity index (χ1n) is 4.60. The summed E-state index contributed by atoms with van der Waals surface area (Å²) in [5.41, 5.74) is -0.259. The SMILES string of the molecule is [CH2-]N1C2COCC23CC(F)(F)CC13. The van der Waals surface area contributed by atoms with E-state index >= 15 is 0 Å². The molecule has 0 aromatic carbocycles. The molecule has 0 amide bonds. The standard InChI is InChI=1S/C9H12F2NO/c1-12-6-2-9(10,11)4-8(6)5-13-3-7(8)12/h6-7H,1-5H2/q-1. The lowest BCUT2D eigenvalue weighted by molar-refractivity contribution is -0.0570. The molecule has 3 atom stereocenters. The molecule has 0 bridgehead atoms. The van der Waals surface area contributed by atoms with Crippen molar-refractivity contribution in [3.8, 4) is 0 Å². The molecule has 3 rings (SSSR count). The Bertz CT molecular complexity index is 258. The molecule has 1 spiro atoms. The van der Waals surface area contributed by atoms with E-state index in [0.717, 1.165) is 0 Å². The van der Waals surface area contributed by atoms with Gasteiger partial charge in [-0.15, -0.1) is 0 Å². The van der Waals surface area contributed by atoms with Crippen molar-refractivity contribution in [2.24, 2.45) is 5.41 Å². The summed E-state index contributed by atoms with van der Waals surface area (Å²) in [4.78, 5) is 1.81. The molecule has 74 valence electrons. The van der Waals surface area contributed by atoms with E-state index in [1.807, 2.05) is 4.90 Å². The van der Waals surface area contributed by atoms with Gasteiger partial charge in [0.05, 0.1) is 13.2 Å². The zero-order valence-electron chi connectivity index (χ0n) is 7.30. The Hall–Kier alpha value is -0.220. The van der Waals surface area contributed by atoms with Crippen LogP contribution in [0.15, 0.2) is 0 Å². The van der Waals surface area contributed by atoms with Gasteiger partial charge in [0.15, 0.2) is 0 Å². The lowest BCUT2D eigenvalue weighted by Crippen LogP contribution is -2.66. The van der Waals surface area contributed by atoms with Gasteiger partial charge < -0.3 is 9.64 Å². The van der Waals surface area contributed by atoms with Gasteiger partial charge in [-0.05, 0) is 6.04 Å². The van der Waals surface area contributed by atoms with Crippen LogP contribution in [0.1, 0.15) is 12.8 Å². The molecule has 0 radical (unpaired) electrons. The number of nitrogens with zero attached hydrogens (tertiary/aromatic N) is 1. The highest BCUT2D eigenvalue weighted by atomic mass is 19.3. The average molecular weight is 188 g/mol. The summed E-state index contributed by atoms with van der Waals surface area (Å²) in [5.74, 6) is -2.50. The molecular weight excluding hydrogens is 176 g/mol. The molecule has 2 saturated heterocycles. The number of halogens is 2. The summed E-state index contributed by atoms with van der Waals surface area (Å²) in [5, 5.41) is 0. The summed E-state index contributed by atoms with van der Waals surface area (Å²) < 4.78 is 31.6. The summed E-state index contributed by atoms with van der Waals surface area (Å²) >= 11 is 0. The fourth-order valence-electron chi connectivity index (χ4n) is 3.28. The van der Waals surface area contributed by atoms with Gasteiger partial charge in [-0.3, -0.25) is 7.05 Å². The molecule has 1 aliphatic carbocycles. The molecule has 3 fully saturated rings. The first-order chi connectivity index (χ1) is 6.05. The van der Waals surface area contributed by atoms with Gasteiger partial charge in [0.1, 0.15) is 0 Å². The third kappa shape index (κ3) is 0.789. The van der Waals surface area contributed by atoms with E-state index < -0.39 is 5.92 Å². The second-order valence-electron chi connectivity index (χ2n) is 4.53. The van der Waals surface area contributed by atoms with Crippen LogP contribution in [0.4, 0.5) is 8.78 Å². The largest absolute Gasteiger partial charge is 0.451 e. The molecule has 13 heavy (non-hydrogen) atoms. The third-order valence-electron chi connectivity index (χ3n) is 3.85. The van der Waals surface area contributed by atoms with Crippen LogP contribution in [0, 0.1) is 12.5 Å². The minimum absolute atomic E-state index is 0.00134. The minimum atomic E-state index is -2.50. The summed E-state index contributed by atoms with van der Waals surface area (Å²) in [7, 11) is 3.81. The van der Waals surface area contributed by atoms with Crippen molar-refractivity contribution in [3.63, 3.8) is 0 Å². The Morgan fingerprint density at radius 3 is 2.92 bits per heavy atom. The van der Waals surface area contributed by atoms with Gasteiger partial charge in [0.25, 0.3) is 0 Å². The first-order valence-corrected chi connectivity index (χ1v) is 4.60. The molecule has 3 unspecified atom stereocenters. The Morgan fingerprint density at radius 2 is 2.15 bits per heavy atom. The Kier molecular flexibility index (Phi) is 1.29. The monoisotopic (exact) mass is 188 g/mol. The van der Waals surface area contributed by atoms with Crippen molar-refractivity contribution in [2.45, 2.75) is 30.8 Å². The van der Waals surface area contributed by atoms with E-state index in [4.69, 9.17) is 4.74 Å². The second-order valence-corrected chi connectivity index (χ2v) is 4.53. The van der Waals surface area contributed by atoms with E-state index in [0.29, 0.717) is 13.2 Å². The normalized spacial score (nSPS) is 52.8. The predicted molar refractivity (Wildman–Crippen MR) is 42.2 cm³/mol. The van der Waals surface area contributed by atoms with Crippen LogP contribution in [0.5, 0.6) is 0 Å². The summed E-state index contributed by atoms with van der Waals surface area (Å²) in [6.07, 6.45) is -0.0300. The quantitative estimate of drug-likeness (QED) is 0.531. The Labute approximate surface area is 75.8 Å². The summed E-state index contributed by atoms with van der Waals surface area (Å²) in [6, 6.07) is 0.0980. The van der Waals surface area contributed by atoms with Crippen LogP contribution in [-0.2, 0) is 4.74 Å². The number of rotatable bonds is 0. The van der Waals surface area contributed by atoms with Crippen molar-refractivity contribution in [3.05, 3.63) is 7.05 Å². The fourth-order valence-corrected chi connectivity index (χ4v) is 3.28. The zero-order chi connectivity index (χ0) is 9.27. The topological polar surface area (TPSA) is 12.5 Å². The molecule has 2 nitrogen and oxygen atoms in total. The fraction of sp³-hybridized carbons (Fsp3) is 0.889. The van der Waals surface area contributed by atoms with Crippen LogP contribution in [0.2, 0.25) is 0 Å². The third-order valence-corrected chi connectivity index (χ3v) is 3.85. The van der Waals surface area contributed by atoms with Crippen LogP contribution in [0.25, 0.3) is 0 Å². The van der Waals surface area contributed by atoms with Crippen molar-refractivity contribution >= 4 is 0 Å². The van der Waals surface area contributed by atoms with Gasteiger partial charge in [0.2, 0.25) is 5.92 Å². The van der Waals surface area contributed by atoms with E-state index in [2.05, 4.69) is 7.05 Å². The van der Waals surface area contributed by atoms with E-state index in [-0.39, 0.29) is 30.3 Å². The smallest absolute Gasteiger partial charge is 0.250 e. The number of alkyl halides is 2. The zero-order valence-corrected chi connectivity index (χ0v) is 7.30. The molecule has 2 heterocycles. The van der Waals surface area contributed by atoms with Gasteiger partial charge in [0, 0.05) is 24.3 Å². The predicted octanol–water partition coefficient (Wildman–Crippen LogP) is 1.28. The molecule has 4 heteroatoms. The van der Waals surface area contributed by atoms with Crippen LogP contribution in [0.3, 0.4) is 0 Å². The highest BCUT2D eigenvalue weighted by Gasteiger charge is 2.68. The maximum absolute atomic E-state index is 13.2. The van der Waals surface area contributed by atoms with E-state index in [1.165, 1.54) is 0 Å². The Morgan fingerprint density at radius 1 is 1.38 bits per heavy atom. The number of likely N-dealkylation sites (tertiary alicyclic amines) is 1. The van der Waals surface area contributed by atoms with Crippen LogP contribution in [-0.4, -0.2) is 36.1 Å². The average Bonchev–Trinajstić information content (AvgIpc) is 2.51. The molecular formula is C9H12F2NO-. The summed E-state index contributed by atoms with van der Waals surface area (Å²) in [6.45, 7) is 1.08. The maximum atomic E-state index is 13.2. The molecule has 3 aliphatic rings. The number of ether oxygens (including phenoxy) is 1. The lowest BCUT2D eigenvalue weighted by atomic mass is 9.69. The molecule has 2 aliphatic heterocycles. The van der Waals surface area contributed by atoms with Gasteiger partial charge in [-0.1, -0.05) is 0 Å². The second kappa shape index (κ2) is 2.06. The molecule has 0 aromatic rings. The van der Waals surface area contributed by atoms with Crippen molar-refractivity contribution in [2.75, 3.05) is 13.2 Å². The van der Waals surface area contributed by atoms with Crippen LogP contribution < -0.4 is 0 Å². The molecule has 0 aromatic heterocycles. The van der Waals surface area contributed by atoms with E-state index in [9.17, 15) is 8.78 Å². The van der Waals surface area contributed by atoms with Crippen molar-refractivity contribution < 1.29 is 13.5 Å². The maximum Gasteiger partial charge on any atom is 0.250 e. The van der Waals surface area contributed by atoms with Crippen molar-refractivity contribution in [1.29, 1.82) is 0 Å². The molecule has 0 N–H and O–H groups in total. The Balaban J connectivity index is 1.94. The molecule has 1 saturated carbocycles. The highest BCUT2D eigenvalue weighted by Crippen LogP contribution is 2.61. The van der Waals surface area contributed by atoms with Crippen LogP contribution >= 0.6 is 0 Å². The number of hydrogen-bond donors (Lipinski definition) is 0.